The number of carboxylic acid groups (broad SMARTS) is 1. The molecule has 1 saturated heterocycles. The Morgan fingerprint density at radius 2 is 2.00 bits per heavy atom. The van der Waals surface area contributed by atoms with E-state index in [2.05, 4.69) is 4.98 Å². The molecule has 1 fully saturated rings. The highest BCUT2D eigenvalue weighted by molar-refractivity contribution is 6.17. The van der Waals surface area contributed by atoms with Crippen molar-refractivity contribution in [2.45, 2.75) is 25.8 Å². The SMILES string of the molecule is CCOc1nccc2c(C(=O)c3c(F)ccc(C4CCCN4C(=O)O)c3F)cccc12. The van der Waals surface area contributed by atoms with Crippen molar-refractivity contribution in [3.63, 3.8) is 0 Å². The number of halogens is 2. The van der Waals surface area contributed by atoms with Crippen LogP contribution in [0.2, 0.25) is 0 Å². The number of aromatic nitrogens is 1. The van der Waals surface area contributed by atoms with Crippen molar-refractivity contribution in [2.75, 3.05) is 13.2 Å². The standard InChI is InChI=1S/C23H20F2N2O4/c1-2-31-22-15-6-3-5-14(13(15)10-11-26-22)21(28)19-17(24)9-8-16(20(19)25)18-7-4-12-27(18)23(29)30/h3,5-6,8-11,18H,2,4,7,12H2,1H3,(H,29,30). The largest absolute Gasteiger partial charge is 0.478 e. The first kappa shape index (κ1) is 20.7. The van der Waals surface area contributed by atoms with Crippen molar-refractivity contribution in [2.24, 2.45) is 0 Å². The Morgan fingerprint density at radius 3 is 2.74 bits per heavy atom. The first-order chi connectivity index (χ1) is 14.9. The Morgan fingerprint density at radius 1 is 1.19 bits per heavy atom. The fourth-order valence-corrected chi connectivity index (χ4v) is 4.12. The van der Waals surface area contributed by atoms with Crippen LogP contribution >= 0.6 is 0 Å². The van der Waals surface area contributed by atoms with E-state index in [1.54, 1.807) is 25.1 Å². The van der Waals surface area contributed by atoms with E-state index in [4.69, 9.17) is 4.74 Å². The Labute approximate surface area is 177 Å². The third-order valence-corrected chi connectivity index (χ3v) is 5.50. The van der Waals surface area contributed by atoms with E-state index >= 15 is 4.39 Å². The number of benzene rings is 2. The molecule has 1 aromatic heterocycles. The number of carbonyl (C=O) groups is 2. The van der Waals surface area contributed by atoms with Gasteiger partial charge in [-0.2, -0.15) is 0 Å². The van der Waals surface area contributed by atoms with Crippen LogP contribution in [0.5, 0.6) is 5.88 Å². The van der Waals surface area contributed by atoms with E-state index < -0.39 is 35.1 Å². The van der Waals surface area contributed by atoms with Gasteiger partial charge >= 0.3 is 6.09 Å². The fraction of sp³-hybridized carbons (Fsp3) is 0.261. The van der Waals surface area contributed by atoms with E-state index in [1.165, 1.54) is 18.3 Å². The molecular formula is C23H20F2N2O4. The molecule has 0 spiro atoms. The number of carbonyl (C=O) groups excluding carboxylic acids is 1. The van der Waals surface area contributed by atoms with E-state index in [0.717, 1.165) is 11.0 Å². The number of rotatable bonds is 5. The van der Waals surface area contributed by atoms with Gasteiger partial charge in [-0.1, -0.05) is 18.2 Å². The maximum atomic E-state index is 15.4. The molecule has 1 N–H and O–H groups in total. The van der Waals surface area contributed by atoms with E-state index in [-0.39, 0.29) is 17.7 Å². The molecule has 31 heavy (non-hydrogen) atoms. The first-order valence-corrected chi connectivity index (χ1v) is 9.96. The average molecular weight is 426 g/mol. The number of amides is 1. The smallest absolute Gasteiger partial charge is 0.407 e. The van der Waals surface area contributed by atoms with Gasteiger partial charge in [-0.3, -0.25) is 4.79 Å². The van der Waals surface area contributed by atoms with Crippen LogP contribution in [0.25, 0.3) is 10.8 Å². The summed E-state index contributed by atoms with van der Waals surface area (Å²) in [6, 6.07) is 7.87. The second kappa shape index (κ2) is 8.29. The molecule has 0 radical (unpaired) electrons. The van der Waals surface area contributed by atoms with Gasteiger partial charge in [0.15, 0.2) is 5.78 Å². The van der Waals surface area contributed by atoms with Crippen molar-refractivity contribution in [1.82, 2.24) is 9.88 Å². The van der Waals surface area contributed by atoms with Crippen molar-refractivity contribution in [1.29, 1.82) is 0 Å². The number of hydrogen-bond acceptors (Lipinski definition) is 4. The van der Waals surface area contributed by atoms with E-state index in [1.807, 2.05) is 0 Å². The summed E-state index contributed by atoms with van der Waals surface area (Å²) in [7, 11) is 0. The monoisotopic (exact) mass is 426 g/mol. The molecule has 0 bridgehead atoms. The van der Waals surface area contributed by atoms with Crippen molar-refractivity contribution in [3.8, 4) is 5.88 Å². The molecule has 2 aromatic carbocycles. The molecular weight excluding hydrogens is 406 g/mol. The van der Waals surface area contributed by atoms with Crippen molar-refractivity contribution < 1.29 is 28.2 Å². The molecule has 1 amide bonds. The predicted molar refractivity (Wildman–Crippen MR) is 109 cm³/mol. The van der Waals surface area contributed by atoms with Gasteiger partial charge in [-0.05, 0) is 43.4 Å². The van der Waals surface area contributed by atoms with Crippen LogP contribution < -0.4 is 4.74 Å². The lowest BCUT2D eigenvalue weighted by atomic mass is 9.93. The van der Waals surface area contributed by atoms with E-state index in [0.29, 0.717) is 36.1 Å². The maximum Gasteiger partial charge on any atom is 0.407 e. The Hall–Kier alpha value is -3.55. The molecule has 160 valence electrons. The normalized spacial score (nSPS) is 16.0. The lowest BCUT2D eigenvalue weighted by Crippen LogP contribution is -2.29. The molecule has 8 heteroatoms. The predicted octanol–water partition coefficient (Wildman–Crippen LogP) is 4.96. The number of ketones is 1. The molecule has 1 aliphatic rings. The van der Waals surface area contributed by atoms with Crippen LogP contribution in [0.3, 0.4) is 0 Å². The lowest BCUT2D eigenvalue weighted by Gasteiger charge is -2.23. The summed E-state index contributed by atoms with van der Waals surface area (Å²) in [5, 5.41) is 10.4. The van der Waals surface area contributed by atoms with Gasteiger partial charge in [0.25, 0.3) is 0 Å². The number of fused-ring (bicyclic) bond motifs is 1. The quantitative estimate of drug-likeness (QED) is 0.584. The van der Waals surface area contributed by atoms with Crippen molar-refractivity contribution >= 4 is 22.6 Å². The molecule has 1 aliphatic heterocycles. The highest BCUT2D eigenvalue weighted by atomic mass is 19.1. The number of ether oxygens (including phenoxy) is 1. The topological polar surface area (TPSA) is 79.7 Å². The fourth-order valence-electron chi connectivity index (χ4n) is 4.12. The third kappa shape index (κ3) is 3.58. The number of pyridine rings is 1. The zero-order valence-electron chi connectivity index (χ0n) is 16.8. The molecule has 3 aromatic rings. The van der Waals surface area contributed by atoms with Gasteiger partial charge in [0, 0.05) is 29.3 Å². The summed E-state index contributed by atoms with van der Waals surface area (Å²) in [6.45, 7) is 2.43. The molecule has 1 unspecified atom stereocenters. The Kier molecular flexibility index (Phi) is 5.54. The maximum absolute atomic E-state index is 15.4. The third-order valence-electron chi connectivity index (χ3n) is 5.50. The number of hydrogen-bond donors (Lipinski definition) is 1. The van der Waals surface area contributed by atoms with Crippen molar-refractivity contribution in [3.05, 3.63) is 70.9 Å². The number of likely N-dealkylation sites (tertiary alicyclic amines) is 1. The molecule has 1 atom stereocenters. The first-order valence-electron chi connectivity index (χ1n) is 9.96. The summed E-state index contributed by atoms with van der Waals surface area (Å²) in [5.41, 5.74) is -0.587. The van der Waals surface area contributed by atoms with Crippen LogP contribution in [0.4, 0.5) is 13.6 Å². The summed E-state index contributed by atoms with van der Waals surface area (Å²) in [4.78, 5) is 30.0. The van der Waals surface area contributed by atoms with Gasteiger partial charge < -0.3 is 14.7 Å². The molecule has 2 heterocycles. The van der Waals surface area contributed by atoms with Crippen LogP contribution in [-0.4, -0.2) is 40.0 Å². The van der Waals surface area contributed by atoms with Crippen LogP contribution in [0.1, 0.15) is 47.3 Å². The van der Waals surface area contributed by atoms with Crippen LogP contribution in [-0.2, 0) is 0 Å². The van der Waals surface area contributed by atoms with Gasteiger partial charge in [0.05, 0.1) is 18.2 Å². The minimum Gasteiger partial charge on any atom is -0.478 e. The van der Waals surface area contributed by atoms with Crippen LogP contribution in [0.15, 0.2) is 42.6 Å². The minimum atomic E-state index is -1.18. The second-order valence-electron chi connectivity index (χ2n) is 7.24. The molecule has 0 saturated carbocycles. The Balaban J connectivity index is 1.83. The van der Waals surface area contributed by atoms with Gasteiger partial charge in [0.1, 0.15) is 11.6 Å². The zero-order chi connectivity index (χ0) is 22.1. The molecule has 6 nitrogen and oxygen atoms in total. The van der Waals surface area contributed by atoms with Crippen LogP contribution in [0, 0.1) is 11.6 Å². The molecule has 4 rings (SSSR count). The Bertz CT molecular complexity index is 1180. The van der Waals surface area contributed by atoms with Gasteiger partial charge in [0.2, 0.25) is 5.88 Å². The van der Waals surface area contributed by atoms with Gasteiger partial charge in [-0.15, -0.1) is 0 Å². The second-order valence-corrected chi connectivity index (χ2v) is 7.24. The highest BCUT2D eigenvalue weighted by Gasteiger charge is 2.34. The summed E-state index contributed by atoms with van der Waals surface area (Å²) in [5.74, 6) is -2.52. The van der Waals surface area contributed by atoms with E-state index in [9.17, 15) is 19.1 Å². The summed E-state index contributed by atoms with van der Waals surface area (Å²) >= 11 is 0. The molecule has 0 aliphatic carbocycles. The summed E-state index contributed by atoms with van der Waals surface area (Å²) < 4.78 is 35.6. The number of nitrogens with zero attached hydrogens (tertiary/aromatic N) is 2. The summed E-state index contributed by atoms with van der Waals surface area (Å²) in [6.07, 6.45) is 1.26. The average Bonchev–Trinajstić information content (AvgIpc) is 3.24. The van der Waals surface area contributed by atoms with Gasteiger partial charge in [-0.25, -0.2) is 18.6 Å². The zero-order valence-corrected chi connectivity index (χ0v) is 16.8. The lowest BCUT2D eigenvalue weighted by molar-refractivity contribution is 0.103. The minimum absolute atomic E-state index is 0.00144. The highest BCUT2D eigenvalue weighted by Crippen LogP contribution is 2.36.